The first kappa shape index (κ1) is 20.4. The average molecular weight is 412 g/mol. The molecule has 8 nitrogen and oxygen atoms in total. The van der Waals surface area contributed by atoms with Crippen molar-refractivity contribution in [2.75, 3.05) is 24.6 Å². The number of amidine groups is 1. The van der Waals surface area contributed by atoms with Crippen LogP contribution < -0.4 is 14.4 Å². The Kier molecular flexibility index (Phi) is 6.14. The molecule has 0 spiro atoms. The number of nitrogens with zero attached hydrogens (tertiary/aromatic N) is 3. The summed E-state index contributed by atoms with van der Waals surface area (Å²) in [6, 6.07) is 15.5. The van der Waals surface area contributed by atoms with Gasteiger partial charge in [0.1, 0.15) is 18.1 Å². The van der Waals surface area contributed by atoms with Crippen LogP contribution in [0.15, 0.2) is 58.4 Å². The Labute approximate surface area is 169 Å². The molecule has 0 unspecified atom stereocenters. The van der Waals surface area contributed by atoms with E-state index in [4.69, 9.17) is 10.00 Å². The number of aliphatic imine (C=N–C) groups is 1. The van der Waals surface area contributed by atoms with Gasteiger partial charge in [-0.2, -0.15) is 5.26 Å². The highest BCUT2D eigenvalue weighted by atomic mass is 32.2. The van der Waals surface area contributed by atoms with E-state index in [0.717, 1.165) is 0 Å². The van der Waals surface area contributed by atoms with Crippen molar-refractivity contribution in [3.05, 3.63) is 54.1 Å². The number of carbonyl (C=O) groups is 1. The monoisotopic (exact) mass is 412 g/mol. The molecule has 0 fully saturated rings. The van der Waals surface area contributed by atoms with Crippen LogP contribution in [0.1, 0.15) is 18.9 Å². The third-order valence-corrected chi connectivity index (χ3v) is 5.64. The van der Waals surface area contributed by atoms with Crippen LogP contribution >= 0.6 is 0 Å². The first-order valence-electron chi connectivity index (χ1n) is 9.03. The number of rotatable bonds is 7. The number of anilines is 1. The molecule has 0 saturated heterocycles. The molecule has 2 aromatic rings. The zero-order valence-electron chi connectivity index (χ0n) is 15.8. The largest absolute Gasteiger partial charge is 0.494 e. The van der Waals surface area contributed by atoms with E-state index < -0.39 is 10.0 Å². The number of hydrogen-bond acceptors (Lipinski definition) is 6. The lowest BCUT2D eigenvalue weighted by Gasteiger charge is -2.21. The van der Waals surface area contributed by atoms with Gasteiger partial charge in [-0.1, -0.05) is 12.1 Å². The molecule has 1 aliphatic heterocycles. The fourth-order valence-corrected chi connectivity index (χ4v) is 4.18. The molecule has 0 bridgehead atoms. The minimum absolute atomic E-state index is 0.138. The Morgan fingerprint density at radius 3 is 2.62 bits per heavy atom. The van der Waals surface area contributed by atoms with E-state index in [1.54, 1.807) is 42.5 Å². The highest BCUT2D eigenvalue weighted by Gasteiger charge is 2.30. The standard InChI is InChI=1S/C20H20N4O4S/c1-2-28-16-10-8-15(9-11-16)24(13-5-12-21)19(25)14-22-20-17-6-3-4-7-18(17)29(26,27)23-20/h3-4,6-11H,2,5,13-14H2,1H3,(H,22,23). The van der Waals surface area contributed by atoms with Crippen molar-refractivity contribution in [1.82, 2.24) is 4.72 Å². The summed E-state index contributed by atoms with van der Waals surface area (Å²) in [5, 5.41) is 8.92. The number of nitrogens with one attached hydrogen (secondary N) is 1. The molecular formula is C20H20N4O4S. The van der Waals surface area contributed by atoms with Gasteiger partial charge in [0.25, 0.3) is 10.0 Å². The molecule has 0 radical (unpaired) electrons. The minimum atomic E-state index is -3.66. The summed E-state index contributed by atoms with van der Waals surface area (Å²) in [5.74, 6) is 0.475. The molecular weight excluding hydrogens is 392 g/mol. The van der Waals surface area contributed by atoms with Gasteiger partial charge in [-0.25, -0.2) is 8.42 Å². The van der Waals surface area contributed by atoms with E-state index in [0.29, 0.717) is 23.6 Å². The van der Waals surface area contributed by atoms with Gasteiger partial charge < -0.3 is 9.64 Å². The van der Waals surface area contributed by atoms with Crippen LogP contribution in [-0.4, -0.2) is 39.9 Å². The SMILES string of the molecule is CCOc1ccc(N(CCC#N)C(=O)CN=C2NS(=O)(=O)c3ccccc32)cc1. The maximum atomic E-state index is 12.8. The molecule has 0 saturated carbocycles. The Bertz CT molecular complexity index is 1070. The van der Waals surface area contributed by atoms with Crippen molar-refractivity contribution < 1.29 is 17.9 Å². The Hall–Kier alpha value is -3.38. The summed E-state index contributed by atoms with van der Waals surface area (Å²) in [6.07, 6.45) is 0.158. The fraction of sp³-hybridized carbons (Fsp3) is 0.250. The van der Waals surface area contributed by atoms with Gasteiger partial charge in [-0.05, 0) is 43.3 Å². The Morgan fingerprint density at radius 1 is 1.21 bits per heavy atom. The molecule has 1 N–H and O–H groups in total. The number of benzene rings is 2. The number of sulfonamides is 1. The maximum absolute atomic E-state index is 12.8. The first-order valence-corrected chi connectivity index (χ1v) is 10.5. The van der Waals surface area contributed by atoms with Crippen molar-refractivity contribution in [1.29, 1.82) is 5.26 Å². The second kappa shape index (κ2) is 8.75. The molecule has 1 heterocycles. The molecule has 3 rings (SSSR count). The van der Waals surface area contributed by atoms with Gasteiger partial charge >= 0.3 is 0 Å². The summed E-state index contributed by atoms with van der Waals surface area (Å²) in [4.78, 5) is 18.6. The number of amides is 1. The van der Waals surface area contributed by atoms with Crippen molar-refractivity contribution in [3.63, 3.8) is 0 Å². The number of fused-ring (bicyclic) bond motifs is 1. The van der Waals surface area contributed by atoms with E-state index in [-0.39, 0.29) is 36.1 Å². The number of nitriles is 1. The average Bonchev–Trinajstić information content (AvgIpc) is 2.98. The van der Waals surface area contributed by atoms with Gasteiger partial charge in [0.15, 0.2) is 0 Å². The molecule has 0 aliphatic carbocycles. The maximum Gasteiger partial charge on any atom is 0.263 e. The van der Waals surface area contributed by atoms with Crippen LogP contribution in [0.25, 0.3) is 0 Å². The van der Waals surface area contributed by atoms with E-state index in [2.05, 4.69) is 9.71 Å². The third kappa shape index (κ3) is 4.55. The van der Waals surface area contributed by atoms with E-state index in [1.165, 1.54) is 11.0 Å². The second-order valence-corrected chi connectivity index (χ2v) is 7.80. The van der Waals surface area contributed by atoms with Gasteiger partial charge in [0, 0.05) is 17.8 Å². The first-order chi connectivity index (χ1) is 14.0. The Morgan fingerprint density at radius 2 is 1.93 bits per heavy atom. The number of carbonyl (C=O) groups excluding carboxylic acids is 1. The van der Waals surface area contributed by atoms with E-state index in [1.807, 2.05) is 13.0 Å². The molecule has 2 aromatic carbocycles. The highest BCUT2D eigenvalue weighted by molar-refractivity contribution is 7.90. The summed E-state index contributed by atoms with van der Waals surface area (Å²) >= 11 is 0. The molecule has 1 aliphatic rings. The summed E-state index contributed by atoms with van der Waals surface area (Å²) < 4.78 is 32.1. The lowest BCUT2D eigenvalue weighted by Crippen LogP contribution is -2.34. The van der Waals surface area contributed by atoms with Crippen LogP contribution in [0, 0.1) is 11.3 Å². The van der Waals surface area contributed by atoms with Gasteiger partial charge in [0.2, 0.25) is 5.91 Å². The van der Waals surface area contributed by atoms with Gasteiger partial charge in [-0.3, -0.25) is 14.5 Å². The van der Waals surface area contributed by atoms with Crippen LogP contribution in [0.5, 0.6) is 5.75 Å². The molecule has 1 amide bonds. The lowest BCUT2D eigenvalue weighted by molar-refractivity contribution is -0.117. The summed E-state index contributed by atoms with van der Waals surface area (Å²) in [7, 11) is -3.66. The van der Waals surface area contributed by atoms with E-state index >= 15 is 0 Å². The number of ether oxygens (including phenoxy) is 1. The highest BCUT2D eigenvalue weighted by Crippen LogP contribution is 2.23. The third-order valence-electron chi connectivity index (χ3n) is 4.24. The van der Waals surface area contributed by atoms with Crippen molar-refractivity contribution >= 4 is 27.5 Å². The molecule has 150 valence electrons. The van der Waals surface area contributed by atoms with Crippen molar-refractivity contribution in [3.8, 4) is 11.8 Å². The second-order valence-electron chi connectivity index (χ2n) is 6.15. The normalized spacial score (nSPS) is 15.2. The summed E-state index contributed by atoms with van der Waals surface area (Å²) in [6.45, 7) is 2.36. The Balaban J connectivity index is 1.81. The minimum Gasteiger partial charge on any atom is -0.494 e. The van der Waals surface area contributed by atoms with Crippen molar-refractivity contribution in [2.24, 2.45) is 4.99 Å². The van der Waals surface area contributed by atoms with Gasteiger partial charge in [0.05, 0.1) is 24.0 Å². The van der Waals surface area contributed by atoms with Crippen LogP contribution in [0.3, 0.4) is 0 Å². The van der Waals surface area contributed by atoms with Crippen LogP contribution in [0.4, 0.5) is 5.69 Å². The predicted molar refractivity (Wildman–Crippen MR) is 108 cm³/mol. The molecule has 9 heteroatoms. The van der Waals surface area contributed by atoms with Gasteiger partial charge in [-0.15, -0.1) is 0 Å². The summed E-state index contributed by atoms with van der Waals surface area (Å²) in [5.41, 5.74) is 1.05. The van der Waals surface area contributed by atoms with Crippen LogP contribution in [-0.2, 0) is 14.8 Å². The lowest BCUT2D eigenvalue weighted by atomic mass is 10.2. The van der Waals surface area contributed by atoms with E-state index in [9.17, 15) is 13.2 Å². The number of hydrogen-bond donors (Lipinski definition) is 1. The van der Waals surface area contributed by atoms with Crippen LogP contribution in [0.2, 0.25) is 0 Å². The smallest absolute Gasteiger partial charge is 0.263 e. The predicted octanol–water partition coefficient (Wildman–Crippen LogP) is 2.07. The molecule has 29 heavy (non-hydrogen) atoms. The molecule has 0 aromatic heterocycles. The van der Waals surface area contributed by atoms with Crippen molar-refractivity contribution in [2.45, 2.75) is 18.2 Å². The zero-order chi connectivity index (χ0) is 20.9. The topological polar surface area (TPSA) is 112 Å². The quantitative estimate of drug-likeness (QED) is 0.748. The zero-order valence-corrected chi connectivity index (χ0v) is 16.6. The fourth-order valence-electron chi connectivity index (χ4n) is 2.93. The molecule has 0 atom stereocenters.